The molecule has 0 bridgehead atoms. The van der Waals surface area contributed by atoms with Crippen LogP contribution in [0.2, 0.25) is 0 Å². The van der Waals surface area contributed by atoms with Crippen molar-refractivity contribution in [2.45, 2.75) is 587 Å². The monoisotopic (exact) mass is 1430 g/mol. The molecule has 0 aromatic heterocycles. The maximum absolute atomic E-state index is 2.42. The third-order valence-electron chi connectivity index (χ3n) is 21.3. The molecule has 4 unspecified atom stereocenters. The fraction of sp³-hybridized carbons (Fsp3) is 1.00. The standard InChI is InChI=1S/C22H46.C20H42.C17H36.C16H34.C14H30.C12H26/c1-6-8-10-12-14-16-18-21(20-22(3,4)5)19-17-15-13-11-9-7-2;1-6-8-10-12-13-15-17-19(18-20(3,4)5)16-14-11-9-7-2;1-6-7-8-9-10-11-12-13-14-16(2)15-17(3,4)5;1-6-8-10-11-13-15(12-9-7-2)14-16(3,4)5;1-6-8-10-13(11-9-7-2)12-14(3,4)5;1-6-8-9-11(7-2)10-12(3,4)5/h21H,6-20H2,1-5H3;19H,6-18H2,1-5H3;16H,6-15H2,1-5H3;15H,6-14H2,1-5H3;13H,6-12H2,1-5H3;11H,6-10H2,1-5H3. The molecular weight excluding hydrogens is 1210 g/mol. The van der Waals surface area contributed by atoms with E-state index in [9.17, 15) is 0 Å². The fourth-order valence-electron chi connectivity index (χ4n) is 16.3. The van der Waals surface area contributed by atoms with E-state index in [1.807, 2.05) is 0 Å². The van der Waals surface area contributed by atoms with Crippen molar-refractivity contribution in [2.75, 3.05) is 0 Å². The van der Waals surface area contributed by atoms with Crippen LogP contribution in [0, 0.1) is 68.0 Å². The van der Waals surface area contributed by atoms with E-state index < -0.39 is 0 Å². The molecule has 0 aliphatic carbocycles. The van der Waals surface area contributed by atoms with Gasteiger partial charge in [0.05, 0.1) is 0 Å². The second-order valence-electron chi connectivity index (χ2n) is 41.6. The summed E-state index contributed by atoms with van der Waals surface area (Å²) in [6, 6.07) is 0. The summed E-state index contributed by atoms with van der Waals surface area (Å²) in [7, 11) is 0. The Bertz CT molecular complexity index is 1460. The van der Waals surface area contributed by atoms with E-state index in [0.717, 1.165) is 35.5 Å². The molecule has 0 saturated carbocycles. The van der Waals surface area contributed by atoms with Crippen molar-refractivity contribution in [1.29, 1.82) is 0 Å². The average Bonchev–Trinajstić information content (AvgIpc) is 1.02. The molecule has 618 valence electrons. The highest BCUT2D eigenvalue weighted by atomic mass is 14.3. The van der Waals surface area contributed by atoms with E-state index in [4.69, 9.17) is 0 Å². The van der Waals surface area contributed by atoms with Crippen LogP contribution in [0.25, 0.3) is 0 Å². The van der Waals surface area contributed by atoms with Crippen LogP contribution in [0.5, 0.6) is 0 Å². The van der Waals surface area contributed by atoms with Gasteiger partial charge in [-0.1, -0.05) is 548 Å². The van der Waals surface area contributed by atoms with E-state index in [0.29, 0.717) is 32.5 Å². The zero-order chi connectivity index (χ0) is 78.2. The number of hydrogen-bond donors (Lipinski definition) is 0. The molecule has 0 heteroatoms. The SMILES string of the molecule is CCCCC(CC)CC(C)(C)C.CCCCC(CCCC)CC(C)(C)C.CCCCCCC(CCCC)CC(C)(C)C.CCCCCCCCC(CCCCCC)CC(C)(C)C.CCCCCCCCC(CCCCCCCC)CC(C)(C)C.CCCCCCCCCCC(C)CC(C)(C)C. The molecule has 0 heterocycles. The van der Waals surface area contributed by atoms with Gasteiger partial charge in [-0.05, 0) is 107 Å². The summed E-state index contributed by atoms with van der Waals surface area (Å²) in [5.41, 5.74) is 3.09. The molecule has 0 aromatic carbocycles. The van der Waals surface area contributed by atoms with Gasteiger partial charge in [-0.25, -0.2) is 0 Å². The Morgan fingerprint density at radius 3 is 0.465 bits per heavy atom. The van der Waals surface area contributed by atoms with E-state index in [1.54, 1.807) is 0 Å². The van der Waals surface area contributed by atoms with Gasteiger partial charge < -0.3 is 0 Å². The Labute approximate surface area is 650 Å². The van der Waals surface area contributed by atoms with Crippen molar-refractivity contribution in [3.05, 3.63) is 0 Å². The van der Waals surface area contributed by atoms with Gasteiger partial charge in [0.25, 0.3) is 0 Å². The highest BCUT2D eigenvalue weighted by Crippen LogP contribution is 2.36. The first kappa shape index (κ1) is 112. The largest absolute Gasteiger partial charge is 0.0654 e. The van der Waals surface area contributed by atoms with Gasteiger partial charge in [0.1, 0.15) is 0 Å². The average molecular weight is 1430 g/mol. The second-order valence-corrected chi connectivity index (χ2v) is 41.6. The van der Waals surface area contributed by atoms with Crippen LogP contribution < -0.4 is 0 Å². The molecule has 0 N–H and O–H groups in total. The normalized spacial score (nSPS) is 13.4. The molecule has 0 nitrogen and oxygen atoms in total. The summed E-state index contributed by atoms with van der Waals surface area (Å²) in [4.78, 5) is 0. The maximum Gasteiger partial charge on any atom is -0.0380 e. The highest BCUT2D eigenvalue weighted by molar-refractivity contribution is 4.75. The first-order chi connectivity index (χ1) is 47.4. The van der Waals surface area contributed by atoms with Crippen molar-refractivity contribution < 1.29 is 0 Å². The molecular formula is C101H214. The molecule has 0 fully saturated rings. The van der Waals surface area contributed by atoms with Gasteiger partial charge in [0, 0.05) is 0 Å². The molecule has 0 radical (unpaired) electrons. The van der Waals surface area contributed by atoms with Crippen LogP contribution in [0.3, 0.4) is 0 Å². The molecule has 0 aliphatic rings. The summed E-state index contributed by atoms with van der Waals surface area (Å²) in [5, 5.41) is 0. The van der Waals surface area contributed by atoms with E-state index >= 15 is 0 Å². The van der Waals surface area contributed by atoms with Crippen molar-refractivity contribution in [2.24, 2.45) is 68.0 Å². The Kier molecular flexibility index (Phi) is 85.0. The van der Waals surface area contributed by atoms with Crippen molar-refractivity contribution in [3.8, 4) is 0 Å². The quantitative estimate of drug-likeness (QED) is 0.0533. The van der Waals surface area contributed by atoms with E-state index in [2.05, 4.69) is 208 Å². The minimum absolute atomic E-state index is 0.509. The zero-order valence-electron chi connectivity index (χ0n) is 78.2. The molecule has 4 atom stereocenters. The van der Waals surface area contributed by atoms with E-state index in [-0.39, 0.29) is 0 Å². The van der Waals surface area contributed by atoms with Gasteiger partial charge in [0.2, 0.25) is 0 Å². The molecule has 0 aliphatic heterocycles. The third-order valence-corrected chi connectivity index (χ3v) is 21.3. The van der Waals surface area contributed by atoms with Gasteiger partial charge in [0.15, 0.2) is 0 Å². The molecule has 0 rings (SSSR count). The predicted octanol–water partition coefficient (Wildman–Crippen LogP) is 39.1. The summed E-state index contributed by atoms with van der Waals surface area (Å²) in [6.07, 6.45) is 84.5. The van der Waals surface area contributed by atoms with Crippen LogP contribution in [0.1, 0.15) is 587 Å². The number of unbranched alkanes of at least 4 members (excludes halogenated alkanes) is 32. The van der Waals surface area contributed by atoms with E-state index in [1.165, 1.54) is 379 Å². The summed E-state index contributed by atoms with van der Waals surface area (Å²) < 4.78 is 0. The van der Waals surface area contributed by atoms with Crippen LogP contribution in [-0.4, -0.2) is 0 Å². The van der Waals surface area contributed by atoms with Gasteiger partial charge in [-0.2, -0.15) is 0 Å². The van der Waals surface area contributed by atoms with Crippen LogP contribution in [0.4, 0.5) is 0 Å². The van der Waals surface area contributed by atoms with Crippen LogP contribution in [0.15, 0.2) is 0 Å². The summed E-state index contributed by atoms with van der Waals surface area (Å²) in [6.45, 7) is 70.6. The first-order valence-electron chi connectivity index (χ1n) is 47.4. The molecule has 101 heavy (non-hydrogen) atoms. The topological polar surface area (TPSA) is 0 Å². The predicted molar refractivity (Wildman–Crippen MR) is 478 cm³/mol. The summed E-state index contributed by atoms with van der Waals surface area (Å²) in [5.74, 6) is 5.81. The van der Waals surface area contributed by atoms with Crippen LogP contribution >= 0.6 is 0 Å². The molecule has 0 aromatic rings. The highest BCUT2D eigenvalue weighted by Gasteiger charge is 2.23. The number of hydrogen-bond acceptors (Lipinski definition) is 0. The summed E-state index contributed by atoms with van der Waals surface area (Å²) >= 11 is 0. The molecule has 0 saturated heterocycles. The Hall–Kier alpha value is 0. The van der Waals surface area contributed by atoms with Crippen molar-refractivity contribution in [3.63, 3.8) is 0 Å². The van der Waals surface area contributed by atoms with Gasteiger partial charge in [-0.15, -0.1) is 0 Å². The Balaban J connectivity index is -0.000000271. The minimum atomic E-state index is 0.509. The lowest BCUT2D eigenvalue weighted by molar-refractivity contribution is 0.259. The van der Waals surface area contributed by atoms with Crippen molar-refractivity contribution in [1.82, 2.24) is 0 Å². The van der Waals surface area contributed by atoms with Gasteiger partial charge in [-0.3, -0.25) is 0 Å². The molecule has 0 amide bonds. The second kappa shape index (κ2) is 76.8. The Morgan fingerprint density at radius 1 is 0.149 bits per heavy atom. The maximum atomic E-state index is 2.42. The molecule has 0 spiro atoms. The fourth-order valence-corrected chi connectivity index (χ4v) is 16.3. The first-order valence-corrected chi connectivity index (χ1v) is 47.4. The zero-order valence-corrected chi connectivity index (χ0v) is 78.2. The lowest BCUT2D eigenvalue weighted by Gasteiger charge is -2.26. The van der Waals surface area contributed by atoms with Gasteiger partial charge >= 0.3 is 0 Å². The Morgan fingerprint density at radius 2 is 0.287 bits per heavy atom. The third kappa shape index (κ3) is 109. The van der Waals surface area contributed by atoms with Crippen LogP contribution in [-0.2, 0) is 0 Å². The lowest BCUT2D eigenvalue weighted by Crippen LogP contribution is -2.13. The minimum Gasteiger partial charge on any atom is -0.0654 e. The van der Waals surface area contributed by atoms with Crippen molar-refractivity contribution >= 4 is 0 Å². The number of rotatable bonds is 59. The smallest absolute Gasteiger partial charge is 0.0380 e. The lowest BCUT2D eigenvalue weighted by atomic mass is 9.80.